The van der Waals surface area contributed by atoms with Gasteiger partial charge in [0.15, 0.2) is 0 Å². The molecule has 0 amide bonds. The molecular weight excluding hydrogens is 195 g/mol. The molecule has 0 atom stereocenters. The molecule has 1 aromatic rings. The van der Waals surface area contributed by atoms with Gasteiger partial charge in [0.2, 0.25) is 0 Å². The molecule has 2 heteroatoms. The van der Waals surface area contributed by atoms with Crippen LogP contribution in [-0.4, -0.2) is 11.5 Å². The van der Waals surface area contributed by atoms with E-state index >= 15 is 0 Å². The van der Waals surface area contributed by atoms with E-state index < -0.39 is 0 Å². The molecule has 1 aliphatic rings. The average molecular weight is 209 g/mol. The highest BCUT2D eigenvalue weighted by atomic mass is 32.2. The van der Waals surface area contributed by atoms with E-state index in [2.05, 4.69) is 11.5 Å². The van der Waals surface area contributed by atoms with Crippen LogP contribution in [0.3, 0.4) is 0 Å². The van der Waals surface area contributed by atoms with E-state index in [4.69, 9.17) is 0 Å². The zero-order valence-electron chi connectivity index (χ0n) is 8.08. The van der Waals surface area contributed by atoms with Crippen LogP contribution in [0.4, 0.5) is 4.39 Å². The normalized spacial score (nSPS) is 18.1. The first-order valence-corrected chi connectivity index (χ1v) is 6.57. The minimum Gasteiger partial charge on any atom is -0.207 e. The van der Waals surface area contributed by atoms with Crippen LogP contribution >= 0.6 is 0 Å². The second kappa shape index (κ2) is 4.65. The Labute approximate surface area is 87.2 Å². The second-order valence-corrected chi connectivity index (χ2v) is 5.67. The maximum absolute atomic E-state index is 12.6. The second-order valence-electron chi connectivity index (χ2n) is 3.51. The van der Waals surface area contributed by atoms with Crippen molar-refractivity contribution in [1.82, 2.24) is 0 Å². The third-order valence-electron chi connectivity index (χ3n) is 2.39. The van der Waals surface area contributed by atoms with Crippen molar-refractivity contribution in [1.29, 1.82) is 0 Å². The standard InChI is InChI=1S/C12H14FS/c13-12-5-3-11(4-6-12)7-10-14-8-1-2-9-14/h3-7,10H,1-2,8-9H2/q+1/b10-7+. The first kappa shape index (κ1) is 9.78. The van der Waals surface area contributed by atoms with E-state index in [0.29, 0.717) is 10.9 Å². The van der Waals surface area contributed by atoms with Crippen molar-refractivity contribution in [2.75, 3.05) is 11.5 Å². The number of hydrogen-bond acceptors (Lipinski definition) is 0. The Morgan fingerprint density at radius 2 is 1.71 bits per heavy atom. The topological polar surface area (TPSA) is 0 Å². The van der Waals surface area contributed by atoms with Crippen LogP contribution in [-0.2, 0) is 10.9 Å². The van der Waals surface area contributed by atoms with Crippen molar-refractivity contribution in [3.8, 4) is 0 Å². The van der Waals surface area contributed by atoms with Crippen LogP contribution in [0.2, 0.25) is 0 Å². The molecule has 0 bridgehead atoms. The summed E-state index contributed by atoms with van der Waals surface area (Å²) in [5.41, 5.74) is 1.10. The molecule has 0 spiro atoms. The van der Waals surface area contributed by atoms with Crippen molar-refractivity contribution in [2.45, 2.75) is 12.8 Å². The molecule has 0 unspecified atom stereocenters. The minimum absolute atomic E-state index is 0.162. The zero-order valence-corrected chi connectivity index (χ0v) is 8.90. The van der Waals surface area contributed by atoms with Crippen LogP contribution in [0.5, 0.6) is 0 Å². The predicted molar refractivity (Wildman–Crippen MR) is 61.8 cm³/mol. The first-order chi connectivity index (χ1) is 6.84. The summed E-state index contributed by atoms with van der Waals surface area (Å²) in [5, 5.41) is 2.29. The van der Waals surface area contributed by atoms with Gasteiger partial charge in [-0.1, -0.05) is 12.1 Å². The Morgan fingerprint density at radius 1 is 1.07 bits per heavy atom. The highest BCUT2D eigenvalue weighted by Crippen LogP contribution is 2.16. The molecule has 2 rings (SSSR count). The molecular formula is C12H14FS+. The monoisotopic (exact) mass is 209 g/mol. The Bertz CT molecular complexity index is 310. The zero-order chi connectivity index (χ0) is 9.80. The molecule has 0 saturated carbocycles. The summed E-state index contributed by atoms with van der Waals surface area (Å²) in [6.07, 6.45) is 4.86. The quantitative estimate of drug-likeness (QED) is 0.656. The van der Waals surface area contributed by atoms with Gasteiger partial charge in [-0.15, -0.1) is 0 Å². The van der Waals surface area contributed by atoms with Crippen molar-refractivity contribution in [2.24, 2.45) is 0 Å². The minimum atomic E-state index is -0.162. The van der Waals surface area contributed by atoms with Gasteiger partial charge in [-0.25, -0.2) is 4.39 Å². The maximum atomic E-state index is 12.6. The molecule has 0 N–H and O–H groups in total. The van der Waals surface area contributed by atoms with E-state index in [1.165, 1.54) is 36.5 Å². The summed E-state index contributed by atoms with van der Waals surface area (Å²) in [6.45, 7) is 0. The Morgan fingerprint density at radius 3 is 2.36 bits per heavy atom. The van der Waals surface area contributed by atoms with E-state index in [9.17, 15) is 4.39 Å². The smallest absolute Gasteiger partial charge is 0.123 e. The van der Waals surface area contributed by atoms with Crippen LogP contribution in [0, 0.1) is 5.82 Å². The summed E-state index contributed by atoms with van der Waals surface area (Å²) in [6, 6.07) is 6.67. The Hall–Kier alpha value is -0.760. The van der Waals surface area contributed by atoms with Crippen molar-refractivity contribution in [3.63, 3.8) is 0 Å². The molecule has 1 saturated heterocycles. The van der Waals surface area contributed by atoms with Gasteiger partial charge in [0.05, 0.1) is 0 Å². The lowest BCUT2D eigenvalue weighted by atomic mass is 10.2. The van der Waals surface area contributed by atoms with Gasteiger partial charge < -0.3 is 0 Å². The van der Waals surface area contributed by atoms with Crippen LogP contribution in [0.25, 0.3) is 6.08 Å². The summed E-state index contributed by atoms with van der Waals surface area (Å²) in [5.74, 6) is 2.53. The highest BCUT2D eigenvalue weighted by Gasteiger charge is 2.20. The van der Waals surface area contributed by atoms with E-state index in [-0.39, 0.29) is 5.82 Å². The molecule has 0 aliphatic carbocycles. The van der Waals surface area contributed by atoms with Crippen LogP contribution < -0.4 is 0 Å². The van der Waals surface area contributed by atoms with E-state index in [0.717, 1.165) is 5.56 Å². The number of benzene rings is 1. The Kier molecular flexibility index (Phi) is 3.25. The predicted octanol–water partition coefficient (Wildman–Crippen LogP) is 3.21. The fourth-order valence-corrected chi connectivity index (χ4v) is 3.54. The molecule has 1 aromatic carbocycles. The van der Waals surface area contributed by atoms with E-state index in [1.807, 2.05) is 12.1 Å². The Balaban J connectivity index is 1.99. The SMILES string of the molecule is Fc1ccc(/C=C/[S+]2CCCC2)cc1. The van der Waals surface area contributed by atoms with Gasteiger partial charge in [0, 0.05) is 10.9 Å². The fraction of sp³-hybridized carbons (Fsp3) is 0.333. The lowest BCUT2D eigenvalue weighted by molar-refractivity contribution is 0.628. The van der Waals surface area contributed by atoms with E-state index in [1.54, 1.807) is 0 Å². The number of rotatable bonds is 2. The highest BCUT2D eigenvalue weighted by molar-refractivity contribution is 7.99. The van der Waals surface area contributed by atoms with Crippen molar-refractivity contribution in [3.05, 3.63) is 41.1 Å². The third-order valence-corrected chi connectivity index (χ3v) is 4.53. The molecule has 74 valence electrons. The molecule has 1 heterocycles. The van der Waals surface area contributed by atoms with Gasteiger partial charge in [-0.2, -0.15) is 0 Å². The van der Waals surface area contributed by atoms with Gasteiger partial charge in [-0.05, 0) is 36.6 Å². The summed E-state index contributed by atoms with van der Waals surface area (Å²) >= 11 is 0. The molecule has 0 aromatic heterocycles. The summed E-state index contributed by atoms with van der Waals surface area (Å²) < 4.78 is 12.6. The average Bonchev–Trinajstić information content (AvgIpc) is 2.70. The maximum Gasteiger partial charge on any atom is 0.123 e. The summed E-state index contributed by atoms with van der Waals surface area (Å²) in [4.78, 5) is 0. The van der Waals surface area contributed by atoms with Gasteiger partial charge >= 0.3 is 0 Å². The van der Waals surface area contributed by atoms with Gasteiger partial charge in [0.25, 0.3) is 0 Å². The molecule has 0 radical (unpaired) electrons. The third kappa shape index (κ3) is 2.61. The lowest BCUT2D eigenvalue weighted by Crippen LogP contribution is -1.96. The van der Waals surface area contributed by atoms with Gasteiger partial charge in [0.1, 0.15) is 22.7 Å². The lowest BCUT2D eigenvalue weighted by Gasteiger charge is -1.93. The molecule has 0 nitrogen and oxygen atoms in total. The van der Waals surface area contributed by atoms with Crippen molar-refractivity contribution >= 4 is 17.0 Å². The molecule has 14 heavy (non-hydrogen) atoms. The van der Waals surface area contributed by atoms with Crippen LogP contribution in [0.1, 0.15) is 18.4 Å². The summed E-state index contributed by atoms with van der Waals surface area (Å²) in [7, 11) is 0.493. The fourth-order valence-electron chi connectivity index (χ4n) is 1.56. The number of halogens is 1. The molecule has 1 aliphatic heterocycles. The molecule has 1 fully saturated rings. The van der Waals surface area contributed by atoms with Crippen molar-refractivity contribution < 1.29 is 4.39 Å². The van der Waals surface area contributed by atoms with Gasteiger partial charge in [-0.3, -0.25) is 0 Å². The number of hydrogen-bond donors (Lipinski definition) is 0. The largest absolute Gasteiger partial charge is 0.207 e. The van der Waals surface area contributed by atoms with Crippen LogP contribution in [0.15, 0.2) is 29.7 Å². The first-order valence-electron chi connectivity index (χ1n) is 4.95.